The zero-order chi connectivity index (χ0) is 63.4. The van der Waals surface area contributed by atoms with Crippen molar-refractivity contribution in [2.75, 3.05) is 0 Å². The first-order valence-corrected chi connectivity index (χ1v) is 32.7. The van der Waals surface area contributed by atoms with Gasteiger partial charge >= 0.3 is 0 Å². The van der Waals surface area contributed by atoms with E-state index in [2.05, 4.69) is 321 Å². The normalized spacial score (nSPS) is 13.9. The van der Waals surface area contributed by atoms with Crippen molar-refractivity contribution in [2.45, 2.75) is 209 Å². The molecule has 0 amide bonds. The van der Waals surface area contributed by atoms with Crippen molar-refractivity contribution in [1.82, 2.24) is 8.80 Å². The Hall–Kier alpha value is -7.42. The van der Waals surface area contributed by atoms with E-state index >= 15 is 0 Å². The van der Waals surface area contributed by atoms with E-state index in [9.17, 15) is 0 Å². The Labute approximate surface area is 526 Å². The number of rotatable bonds is 4. The lowest BCUT2D eigenvalue weighted by atomic mass is 9.78. The summed E-state index contributed by atoms with van der Waals surface area (Å²) in [6, 6.07) is 59.1. The summed E-state index contributed by atoms with van der Waals surface area (Å²) in [5.41, 5.74) is 28.3. The molecule has 0 spiro atoms. The van der Waals surface area contributed by atoms with Crippen molar-refractivity contribution in [3.8, 4) is 44.5 Å². The van der Waals surface area contributed by atoms with Crippen LogP contribution in [-0.2, 0) is 43.3 Å². The Morgan fingerprint density at radius 2 is 0.443 bits per heavy atom. The van der Waals surface area contributed by atoms with Gasteiger partial charge in [-0.3, -0.25) is 0 Å². The van der Waals surface area contributed by atoms with E-state index in [1.165, 1.54) is 165 Å². The molecule has 0 atom stereocenters. The van der Waals surface area contributed by atoms with Gasteiger partial charge in [0.05, 0.1) is 33.1 Å². The molecule has 0 aliphatic heterocycles. The molecule has 0 unspecified atom stereocenters. The molecular formula is C86H96N2. The molecular weight excluding hydrogens is 1060 g/mol. The first kappa shape index (κ1) is 59.5. The van der Waals surface area contributed by atoms with E-state index in [4.69, 9.17) is 0 Å². The summed E-state index contributed by atoms with van der Waals surface area (Å²) in [4.78, 5) is 0. The third-order valence-electron chi connectivity index (χ3n) is 19.9. The third-order valence-corrected chi connectivity index (χ3v) is 19.9. The number of hydrogen-bond donors (Lipinski definition) is 0. The zero-order valence-electron chi connectivity index (χ0n) is 57.8. The second-order valence-electron chi connectivity index (χ2n) is 34.9. The van der Waals surface area contributed by atoms with Gasteiger partial charge in [0.1, 0.15) is 0 Å². The fourth-order valence-electron chi connectivity index (χ4n) is 14.2. The van der Waals surface area contributed by atoms with E-state index in [1.54, 1.807) is 0 Å². The summed E-state index contributed by atoms with van der Waals surface area (Å²) in [5, 5.41) is 10.5. The van der Waals surface area contributed by atoms with Crippen molar-refractivity contribution in [1.29, 1.82) is 0 Å². The predicted molar refractivity (Wildman–Crippen MR) is 387 cm³/mol. The molecule has 4 heterocycles. The van der Waals surface area contributed by atoms with Gasteiger partial charge in [-0.2, -0.15) is 0 Å². The van der Waals surface area contributed by atoms with Crippen LogP contribution in [0.25, 0.3) is 121 Å². The molecule has 2 heteroatoms. The number of aromatic nitrogens is 2. The first-order chi connectivity index (χ1) is 40.7. The van der Waals surface area contributed by atoms with Crippen molar-refractivity contribution in [3.05, 3.63) is 190 Å². The third kappa shape index (κ3) is 9.55. The van der Waals surface area contributed by atoms with E-state index in [0.717, 1.165) is 0 Å². The summed E-state index contributed by atoms with van der Waals surface area (Å²) in [6.07, 6.45) is 0. The van der Waals surface area contributed by atoms with E-state index < -0.39 is 0 Å². The fraction of sp³-hybridized carbons (Fsp3) is 0.372. The van der Waals surface area contributed by atoms with Crippen LogP contribution < -0.4 is 0 Å². The quantitative estimate of drug-likeness (QED) is 0.166. The largest absolute Gasteiger partial charge is 0.307 e. The lowest BCUT2D eigenvalue weighted by molar-refractivity contribution is 0.568. The summed E-state index contributed by atoms with van der Waals surface area (Å²) in [6.45, 7) is 56.7. The molecule has 0 aliphatic rings. The monoisotopic (exact) mass is 1160 g/mol. The maximum absolute atomic E-state index is 2.72. The Morgan fingerprint density at radius 1 is 0.205 bits per heavy atom. The standard InChI is InChI=1S/C86H96N2/c1-79(2,3)55-35-51(36-56(45-55)80(4,5)6)49-31-33-69-67(43-49)73-71-65-29-25-28-64(54-41-61(85(19,20)21)48-62(42-54)86(22,23)24)76(65)88-70-34-32-50(52-37-57(81(7,8)9)46-58(38-52)82(10,11)12)44-68(70)74(78(71)88)72-66-30-26-27-63(75(66)87(69)77(72)73)53-39-59(83(13,14)15)47-60(40-53)84(16,17)18/h25-48H,1-24H3. The summed E-state index contributed by atoms with van der Waals surface area (Å²) in [7, 11) is 0. The van der Waals surface area contributed by atoms with Crippen molar-refractivity contribution < 1.29 is 0 Å². The summed E-state index contributed by atoms with van der Waals surface area (Å²) < 4.78 is 5.44. The first-order valence-electron chi connectivity index (χ1n) is 32.7. The molecule has 0 saturated carbocycles. The maximum Gasteiger partial charge on any atom is 0.0634 e. The molecule has 13 rings (SSSR count). The van der Waals surface area contributed by atoms with Gasteiger partial charge in [-0.1, -0.05) is 287 Å². The molecule has 450 valence electrons. The zero-order valence-corrected chi connectivity index (χ0v) is 57.8. The van der Waals surface area contributed by atoms with Crippen LogP contribution in [0.1, 0.15) is 211 Å². The van der Waals surface area contributed by atoms with Gasteiger partial charge < -0.3 is 8.80 Å². The highest BCUT2D eigenvalue weighted by molar-refractivity contribution is 6.46. The lowest BCUT2D eigenvalue weighted by Gasteiger charge is -2.26. The van der Waals surface area contributed by atoms with Crippen molar-refractivity contribution in [2.24, 2.45) is 0 Å². The van der Waals surface area contributed by atoms with E-state index in [1.807, 2.05) is 0 Å². The Bertz CT molecular complexity index is 4550. The number of fused-ring (bicyclic) bond motifs is 14. The van der Waals surface area contributed by atoms with Crippen LogP contribution >= 0.6 is 0 Å². The van der Waals surface area contributed by atoms with Crippen LogP contribution in [0.5, 0.6) is 0 Å². The smallest absolute Gasteiger partial charge is 0.0634 e. The minimum Gasteiger partial charge on any atom is -0.307 e. The molecule has 0 bridgehead atoms. The van der Waals surface area contributed by atoms with E-state index in [-0.39, 0.29) is 43.3 Å². The molecule has 2 nitrogen and oxygen atoms in total. The van der Waals surface area contributed by atoms with Gasteiger partial charge in [-0.25, -0.2) is 0 Å². The van der Waals surface area contributed by atoms with Crippen LogP contribution in [0.2, 0.25) is 0 Å². The SMILES string of the molecule is CC(C)(C)c1cc(-c2ccc3c(c2)c2c4c5cccc(-c6cc(C(C)(C)C)cc(C(C)(C)C)c6)c5n5c6ccc(-c7cc(C(C)(C)C)cc(C(C)(C)C)c7)cc6c(c6c7cccc(-c8cc(C(C)(C)C)cc(C(C)(C)C)c8)c7n3c26)c45)cc(C(C)(C)C)c1. The summed E-state index contributed by atoms with van der Waals surface area (Å²) in [5.74, 6) is 0. The van der Waals surface area contributed by atoms with Gasteiger partial charge in [0.15, 0.2) is 0 Å². The molecule has 0 fully saturated rings. The number of hydrogen-bond acceptors (Lipinski definition) is 0. The molecule has 13 aromatic rings. The maximum atomic E-state index is 2.72. The molecule has 0 aliphatic carbocycles. The predicted octanol–water partition coefficient (Wildman–Crippen LogP) is 25.0. The molecule has 88 heavy (non-hydrogen) atoms. The molecule has 0 N–H and O–H groups in total. The van der Waals surface area contributed by atoms with Crippen LogP contribution in [0.4, 0.5) is 0 Å². The molecule has 0 radical (unpaired) electrons. The summed E-state index contributed by atoms with van der Waals surface area (Å²) >= 11 is 0. The Kier molecular flexibility index (Phi) is 12.9. The van der Waals surface area contributed by atoms with Crippen LogP contribution in [-0.4, -0.2) is 8.80 Å². The average Bonchev–Trinajstić information content (AvgIpc) is 1.49. The number of nitrogens with zero attached hydrogens (tertiary/aromatic N) is 2. The second-order valence-corrected chi connectivity index (χ2v) is 34.9. The molecule has 9 aromatic carbocycles. The van der Waals surface area contributed by atoms with Crippen LogP contribution in [0.15, 0.2) is 146 Å². The van der Waals surface area contributed by atoms with Gasteiger partial charge in [0.2, 0.25) is 0 Å². The molecule has 0 saturated heterocycles. The van der Waals surface area contributed by atoms with Gasteiger partial charge in [0.25, 0.3) is 0 Å². The number of benzene rings is 9. The highest BCUT2D eigenvalue weighted by Gasteiger charge is 2.33. The average molecular weight is 1160 g/mol. The second kappa shape index (κ2) is 19.1. The Balaban J connectivity index is 1.28. The highest BCUT2D eigenvalue weighted by atomic mass is 14.9. The molecule has 4 aromatic heterocycles. The van der Waals surface area contributed by atoms with Crippen LogP contribution in [0.3, 0.4) is 0 Å². The van der Waals surface area contributed by atoms with Gasteiger partial charge in [-0.15, -0.1) is 0 Å². The minimum absolute atomic E-state index is 0.0281. The van der Waals surface area contributed by atoms with Gasteiger partial charge in [0, 0.05) is 54.2 Å². The van der Waals surface area contributed by atoms with Gasteiger partial charge in [-0.05, 0) is 145 Å². The highest BCUT2D eigenvalue weighted by Crippen LogP contribution is 2.55. The van der Waals surface area contributed by atoms with Crippen molar-refractivity contribution in [3.63, 3.8) is 0 Å². The number of para-hydroxylation sites is 2. The van der Waals surface area contributed by atoms with Crippen LogP contribution in [0, 0.1) is 0 Å². The van der Waals surface area contributed by atoms with E-state index in [0.29, 0.717) is 0 Å². The lowest BCUT2D eigenvalue weighted by Crippen LogP contribution is -2.16. The fourth-order valence-corrected chi connectivity index (χ4v) is 14.2. The topological polar surface area (TPSA) is 8.82 Å². The van der Waals surface area contributed by atoms with Crippen molar-refractivity contribution >= 4 is 76.2 Å². The Morgan fingerprint density at radius 3 is 0.693 bits per heavy atom. The minimum atomic E-state index is -0.0514.